The molecule has 0 bridgehead atoms. The summed E-state index contributed by atoms with van der Waals surface area (Å²) < 4.78 is 79.3. The third-order valence-corrected chi connectivity index (χ3v) is 5.64. The van der Waals surface area contributed by atoms with Crippen LogP contribution in [0.15, 0.2) is 71.6 Å². The fourth-order valence-corrected chi connectivity index (χ4v) is 3.72. The van der Waals surface area contributed by atoms with Gasteiger partial charge in [0.1, 0.15) is 5.82 Å². The SMILES string of the molecule is Cc1ccc(NC(=O)c2ccc(S(=O)(=O)Nc3cccc(C(F)(F)F)c3)cc2)c(F)c1. The fraction of sp³-hybridized carbons (Fsp3) is 0.0952. The van der Waals surface area contributed by atoms with Gasteiger partial charge in [-0.15, -0.1) is 0 Å². The second kappa shape index (κ2) is 8.38. The Morgan fingerprint density at radius 2 is 1.61 bits per heavy atom. The summed E-state index contributed by atoms with van der Waals surface area (Å²) in [5.74, 6) is -1.27. The Labute approximate surface area is 175 Å². The largest absolute Gasteiger partial charge is 0.416 e. The zero-order valence-corrected chi connectivity index (χ0v) is 16.8. The molecule has 0 unspecified atom stereocenters. The van der Waals surface area contributed by atoms with Crippen molar-refractivity contribution in [2.45, 2.75) is 18.0 Å². The molecule has 162 valence electrons. The molecule has 2 N–H and O–H groups in total. The Hall–Kier alpha value is -3.40. The van der Waals surface area contributed by atoms with E-state index >= 15 is 0 Å². The number of carbonyl (C=O) groups is 1. The van der Waals surface area contributed by atoms with Gasteiger partial charge in [0.25, 0.3) is 15.9 Å². The van der Waals surface area contributed by atoms with E-state index in [0.29, 0.717) is 11.6 Å². The van der Waals surface area contributed by atoms with Crippen LogP contribution >= 0.6 is 0 Å². The van der Waals surface area contributed by atoms with Gasteiger partial charge < -0.3 is 5.32 Å². The van der Waals surface area contributed by atoms with Crippen LogP contribution in [0, 0.1) is 12.7 Å². The molecule has 0 saturated carbocycles. The van der Waals surface area contributed by atoms with Crippen LogP contribution in [0.3, 0.4) is 0 Å². The molecule has 5 nitrogen and oxygen atoms in total. The molecule has 0 heterocycles. The van der Waals surface area contributed by atoms with Crippen LogP contribution in [0.4, 0.5) is 28.9 Å². The van der Waals surface area contributed by atoms with Crippen LogP contribution in [0.1, 0.15) is 21.5 Å². The number of carbonyl (C=O) groups excluding carboxylic acids is 1. The lowest BCUT2D eigenvalue weighted by atomic mass is 10.2. The highest BCUT2D eigenvalue weighted by molar-refractivity contribution is 7.92. The first-order valence-electron chi connectivity index (χ1n) is 8.83. The van der Waals surface area contributed by atoms with Gasteiger partial charge in [0.2, 0.25) is 0 Å². The smallest absolute Gasteiger partial charge is 0.319 e. The third kappa shape index (κ3) is 5.40. The number of sulfonamides is 1. The maximum atomic E-state index is 13.9. The monoisotopic (exact) mass is 452 g/mol. The van der Waals surface area contributed by atoms with Crippen molar-refractivity contribution in [3.05, 3.63) is 89.2 Å². The number of hydrogen-bond acceptors (Lipinski definition) is 3. The van der Waals surface area contributed by atoms with Crippen molar-refractivity contribution in [3.8, 4) is 0 Å². The second-order valence-corrected chi connectivity index (χ2v) is 8.33. The molecule has 10 heteroatoms. The van der Waals surface area contributed by atoms with Gasteiger partial charge in [0.15, 0.2) is 0 Å². The lowest BCUT2D eigenvalue weighted by Gasteiger charge is -2.12. The zero-order valence-electron chi connectivity index (χ0n) is 16.0. The van der Waals surface area contributed by atoms with Gasteiger partial charge in [-0.2, -0.15) is 13.2 Å². The van der Waals surface area contributed by atoms with E-state index in [1.165, 1.54) is 30.3 Å². The summed E-state index contributed by atoms with van der Waals surface area (Å²) in [6.07, 6.45) is -4.62. The summed E-state index contributed by atoms with van der Waals surface area (Å²) in [5, 5.41) is 2.39. The molecule has 0 fully saturated rings. The number of amides is 1. The highest BCUT2D eigenvalue weighted by Crippen LogP contribution is 2.31. The van der Waals surface area contributed by atoms with E-state index < -0.39 is 33.5 Å². The first-order chi connectivity index (χ1) is 14.5. The summed E-state index contributed by atoms with van der Waals surface area (Å²) in [7, 11) is -4.20. The zero-order chi connectivity index (χ0) is 22.8. The van der Waals surface area contributed by atoms with Crippen molar-refractivity contribution in [1.29, 1.82) is 0 Å². The van der Waals surface area contributed by atoms with Crippen LogP contribution in [0.25, 0.3) is 0 Å². The maximum Gasteiger partial charge on any atom is 0.416 e. The first-order valence-corrected chi connectivity index (χ1v) is 10.3. The summed E-state index contributed by atoms with van der Waals surface area (Å²) >= 11 is 0. The Morgan fingerprint density at radius 3 is 2.23 bits per heavy atom. The molecule has 0 aliphatic carbocycles. The molecule has 31 heavy (non-hydrogen) atoms. The minimum Gasteiger partial charge on any atom is -0.319 e. The highest BCUT2D eigenvalue weighted by Gasteiger charge is 2.30. The van der Waals surface area contributed by atoms with Gasteiger partial charge in [-0.25, -0.2) is 12.8 Å². The summed E-state index contributed by atoms with van der Waals surface area (Å²) in [6, 6.07) is 12.7. The number of hydrogen-bond donors (Lipinski definition) is 2. The number of rotatable bonds is 5. The Morgan fingerprint density at radius 1 is 0.935 bits per heavy atom. The second-order valence-electron chi connectivity index (χ2n) is 6.65. The molecular weight excluding hydrogens is 436 g/mol. The summed E-state index contributed by atoms with van der Waals surface area (Å²) in [6.45, 7) is 1.70. The molecule has 0 aromatic heterocycles. The van der Waals surface area contributed by atoms with Crippen molar-refractivity contribution >= 4 is 27.3 Å². The molecule has 0 atom stereocenters. The van der Waals surface area contributed by atoms with Crippen LogP contribution < -0.4 is 10.0 Å². The number of nitrogens with one attached hydrogen (secondary N) is 2. The lowest BCUT2D eigenvalue weighted by Crippen LogP contribution is -2.15. The number of aryl methyl sites for hydroxylation is 1. The normalized spacial score (nSPS) is 11.8. The molecule has 0 radical (unpaired) electrons. The fourth-order valence-electron chi connectivity index (χ4n) is 2.67. The quantitative estimate of drug-likeness (QED) is 0.522. The van der Waals surface area contributed by atoms with Crippen molar-refractivity contribution in [1.82, 2.24) is 0 Å². The average molecular weight is 452 g/mol. The van der Waals surface area contributed by atoms with Gasteiger partial charge in [0, 0.05) is 11.3 Å². The summed E-state index contributed by atoms with van der Waals surface area (Å²) in [5.41, 5.74) is -0.538. The van der Waals surface area contributed by atoms with E-state index in [9.17, 15) is 30.8 Å². The van der Waals surface area contributed by atoms with Crippen LogP contribution in [-0.4, -0.2) is 14.3 Å². The molecule has 0 aliphatic rings. The van der Waals surface area contributed by atoms with Crippen LogP contribution in [0.5, 0.6) is 0 Å². The predicted molar refractivity (Wildman–Crippen MR) is 108 cm³/mol. The van der Waals surface area contributed by atoms with Crippen molar-refractivity contribution in [2.75, 3.05) is 10.0 Å². The van der Waals surface area contributed by atoms with E-state index in [2.05, 4.69) is 10.0 Å². The molecule has 3 rings (SSSR count). The molecule has 3 aromatic rings. The molecule has 0 aliphatic heterocycles. The summed E-state index contributed by atoms with van der Waals surface area (Å²) in [4.78, 5) is 12.0. The molecule has 0 spiro atoms. The van der Waals surface area contributed by atoms with Gasteiger partial charge >= 0.3 is 6.18 Å². The van der Waals surface area contributed by atoms with Crippen molar-refractivity contribution < 1.29 is 30.8 Å². The van der Waals surface area contributed by atoms with E-state index in [0.717, 1.165) is 24.3 Å². The molecule has 0 saturated heterocycles. The van der Waals surface area contributed by atoms with Gasteiger partial charge in [-0.1, -0.05) is 12.1 Å². The Balaban J connectivity index is 1.76. The topological polar surface area (TPSA) is 75.3 Å². The highest BCUT2D eigenvalue weighted by atomic mass is 32.2. The van der Waals surface area contributed by atoms with Crippen LogP contribution in [-0.2, 0) is 16.2 Å². The number of anilines is 2. The average Bonchev–Trinajstić information content (AvgIpc) is 2.69. The van der Waals surface area contributed by atoms with Crippen LogP contribution in [0.2, 0.25) is 0 Å². The number of alkyl halides is 3. The van der Waals surface area contributed by atoms with Gasteiger partial charge in [-0.05, 0) is 67.1 Å². The van der Waals surface area contributed by atoms with E-state index in [1.807, 2.05) is 0 Å². The van der Waals surface area contributed by atoms with E-state index in [-0.39, 0.29) is 21.8 Å². The van der Waals surface area contributed by atoms with E-state index in [1.54, 1.807) is 13.0 Å². The number of halogens is 4. The first kappa shape index (κ1) is 22.3. The molecule has 3 aromatic carbocycles. The molecular formula is C21H16F4N2O3S. The Kier molecular flexibility index (Phi) is 6.03. The van der Waals surface area contributed by atoms with E-state index in [4.69, 9.17) is 0 Å². The molecule has 1 amide bonds. The van der Waals surface area contributed by atoms with Crippen molar-refractivity contribution in [2.24, 2.45) is 0 Å². The maximum absolute atomic E-state index is 13.9. The standard InChI is InChI=1S/C21H16F4N2O3S/c1-13-5-10-19(18(22)11-13)26-20(28)14-6-8-17(9-7-14)31(29,30)27-16-4-2-3-15(12-16)21(23,24)25/h2-12,27H,1H3,(H,26,28). The minimum absolute atomic E-state index is 0.0292. The predicted octanol–water partition coefficient (Wildman–Crippen LogP) is 5.21. The third-order valence-electron chi connectivity index (χ3n) is 4.24. The van der Waals surface area contributed by atoms with Crippen molar-refractivity contribution in [3.63, 3.8) is 0 Å². The lowest BCUT2D eigenvalue weighted by molar-refractivity contribution is -0.137. The minimum atomic E-state index is -4.62. The number of benzene rings is 3. The van der Waals surface area contributed by atoms with Gasteiger partial charge in [-0.3, -0.25) is 9.52 Å². The Bertz CT molecular complexity index is 1220. The van der Waals surface area contributed by atoms with Gasteiger partial charge in [0.05, 0.1) is 16.1 Å².